The lowest BCUT2D eigenvalue weighted by molar-refractivity contribution is 0.219. The zero-order chi connectivity index (χ0) is 9.84. The molecule has 0 fully saturated rings. The fourth-order valence-electron chi connectivity index (χ4n) is 0.824. The van der Waals surface area contributed by atoms with Gasteiger partial charge in [0.1, 0.15) is 6.10 Å². The van der Waals surface area contributed by atoms with Gasteiger partial charge in [0.2, 0.25) is 0 Å². The minimum atomic E-state index is -2.52. The van der Waals surface area contributed by atoms with E-state index in [0.29, 0.717) is 11.4 Å². The van der Waals surface area contributed by atoms with E-state index in [0.717, 1.165) is 0 Å². The average molecular weight is 201 g/mol. The molecule has 1 rings (SSSR count). The Morgan fingerprint density at radius 3 is 2.85 bits per heavy atom. The molecule has 0 saturated heterocycles. The van der Waals surface area contributed by atoms with Crippen molar-refractivity contribution >= 4 is 17.0 Å². The molecule has 6 heteroatoms. The van der Waals surface area contributed by atoms with E-state index in [1.807, 2.05) is 0 Å². The van der Waals surface area contributed by atoms with Crippen LogP contribution >= 0.6 is 0 Å². The highest BCUT2D eigenvalue weighted by atomic mass is 32.2. The van der Waals surface area contributed by atoms with Gasteiger partial charge in [-0.25, -0.2) is 4.21 Å². The highest BCUT2D eigenvalue weighted by Crippen LogP contribution is 2.15. The molecule has 0 aliphatic heterocycles. The molecule has 0 radical (unpaired) electrons. The SMILES string of the molecule is CC(OS(=O)[O-])c1ccc(N)cn1. The standard InChI is InChI=1S/C7H10N2O3S/c1-5(12-13(10)11)7-3-2-6(8)4-9-7/h2-5H,8H2,1H3,(H,10,11)/p-1. The van der Waals surface area contributed by atoms with Crippen LogP contribution in [0.5, 0.6) is 0 Å². The first-order valence-electron chi connectivity index (χ1n) is 3.57. The molecule has 2 N–H and O–H groups in total. The molecule has 0 aliphatic rings. The first-order chi connectivity index (χ1) is 6.09. The molecule has 2 unspecified atom stereocenters. The molecule has 0 aliphatic carbocycles. The third-order valence-electron chi connectivity index (χ3n) is 1.45. The third kappa shape index (κ3) is 3.10. The Bertz CT molecular complexity index is 301. The number of anilines is 1. The Kier molecular flexibility index (Phi) is 3.35. The van der Waals surface area contributed by atoms with Crippen LogP contribution in [0.25, 0.3) is 0 Å². The lowest BCUT2D eigenvalue weighted by Gasteiger charge is -2.13. The summed E-state index contributed by atoms with van der Waals surface area (Å²) in [6.45, 7) is 1.59. The molecule has 0 saturated carbocycles. The molecule has 1 heterocycles. The molecule has 72 valence electrons. The van der Waals surface area contributed by atoms with Crippen molar-refractivity contribution in [3.8, 4) is 0 Å². The first-order valence-corrected chi connectivity index (χ1v) is 4.57. The van der Waals surface area contributed by atoms with Gasteiger partial charge in [0.25, 0.3) is 0 Å². The predicted octanol–water partition coefficient (Wildman–Crippen LogP) is 0.536. The van der Waals surface area contributed by atoms with Gasteiger partial charge in [-0.3, -0.25) is 9.17 Å². The van der Waals surface area contributed by atoms with E-state index in [-0.39, 0.29) is 0 Å². The zero-order valence-electron chi connectivity index (χ0n) is 6.97. The smallest absolute Gasteiger partial charge is 0.113 e. The second-order valence-electron chi connectivity index (χ2n) is 2.46. The number of hydrogen-bond acceptors (Lipinski definition) is 5. The molecule has 13 heavy (non-hydrogen) atoms. The second kappa shape index (κ2) is 4.31. The summed E-state index contributed by atoms with van der Waals surface area (Å²) in [5.41, 5.74) is 6.46. The molecule has 2 atom stereocenters. The summed E-state index contributed by atoms with van der Waals surface area (Å²) in [6.07, 6.45) is 0.863. The van der Waals surface area contributed by atoms with Crippen molar-refractivity contribution in [2.45, 2.75) is 13.0 Å². The summed E-state index contributed by atoms with van der Waals surface area (Å²) in [5, 5.41) is 0. The van der Waals surface area contributed by atoms with Crippen molar-refractivity contribution in [3.05, 3.63) is 24.0 Å². The van der Waals surface area contributed by atoms with Gasteiger partial charge in [0.05, 0.1) is 28.9 Å². The number of nitrogens with two attached hydrogens (primary N) is 1. The summed E-state index contributed by atoms with van der Waals surface area (Å²) in [6, 6.07) is 3.25. The molecule has 0 bridgehead atoms. The van der Waals surface area contributed by atoms with E-state index in [9.17, 15) is 8.76 Å². The van der Waals surface area contributed by atoms with Crippen LogP contribution in [0.1, 0.15) is 18.7 Å². The quantitative estimate of drug-likeness (QED) is 0.721. The van der Waals surface area contributed by atoms with Crippen LogP contribution in [0.3, 0.4) is 0 Å². The minimum absolute atomic E-state index is 0.526. The molecule has 5 nitrogen and oxygen atoms in total. The monoisotopic (exact) mass is 201 g/mol. The van der Waals surface area contributed by atoms with E-state index >= 15 is 0 Å². The minimum Gasteiger partial charge on any atom is -0.750 e. The van der Waals surface area contributed by atoms with Crippen LogP contribution in [0, 0.1) is 0 Å². The zero-order valence-corrected chi connectivity index (χ0v) is 7.78. The average Bonchev–Trinajstić information content (AvgIpc) is 2.04. The van der Waals surface area contributed by atoms with Crippen LogP contribution in [-0.4, -0.2) is 13.7 Å². The number of aromatic nitrogens is 1. The second-order valence-corrected chi connectivity index (χ2v) is 3.06. The summed E-state index contributed by atoms with van der Waals surface area (Å²) in [7, 11) is 0. The Morgan fingerprint density at radius 1 is 1.69 bits per heavy atom. The maximum Gasteiger partial charge on any atom is 0.113 e. The van der Waals surface area contributed by atoms with Crippen molar-refractivity contribution < 1.29 is 12.9 Å². The van der Waals surface area contributed by atoms with Gasteiger partial charge in [0.15, 0.2) is 0 Å². The third-order valence-corrected chi connectivity index (χ3v) is 1.89. The van der Waals surface area contributed by atoms with Crippen molar-refractivity contribution in [3.63, 3.8) is 0 Å². The Morgan fingerprint density at radius 2 is 2.38 bits per heavy atom. The van der Waals surface area contributed by atoms with Gasteiger partial charge >= 0.3 is 0 Å². The van der Waals surface area contributed by atoms with E-state index in [1.54, 1.807) is 19.1 Å². The Balaban J connectivity index is 2.71. The first kappa shape index (κ1) is 10.1. The Hall–Kier alpha value is -0.980. The van der Waals surface area contributed by atoms with Crippen molar-refractivity contribution in [1.29, 1.82) is 0 Å². The van der Waals surface area contributed by atoms with E-state index in [1.165, 1.54) is 6.20 Å². The van der Waals surface area contributed by atoms with Crippen LogP contribution in [0.15, 0.2) is 18.3 Å². The molecule has 0 aromatic carbocycles. The molecule has 0 spiro atoms. The summed E-state index contributed by atoms with van der Waals surface area (Å²) in [4.78, 5) is 3.91. The topological polar surface area (TPSA) is 88.3 Å². The van der Waals surface area contributed by atoms with E-state index in [2.05, 4.69) is 9.17 Å². The summed E-state index contributed by atoms with van der Waals surface area (Å²) < 4.78 is 24.8. The van der Waals surface area contributed by atoms with Crippen LogP contribution in [0.4, 0.5) is 5.69 Å². The maximum absolute atomic E-state index is 10.2. The number of nitrogens with zero attached hydrogens (tertiary/aromatic N) is 1. The van der Waals surface area contributed by atoms with Gasteiger partial charge in [-0.05, 0) is 19.1 Å². The van der Waals surface area contributed by atoms with E-state index < -0.39 is 17.5 Å². The van der Waals surface area contributed by atoms with Crippen LogP contribution in [-0.2, 0) is 15.5 Å². The fourth-order valence-corrected chi connectivity index (χ4v) is 1.16. The number of nitrogen functional groups attached to an aromatic ring is 1. The van der Waals surface area contributed by atoms with Gasteiger partial charge in [0, 0.05) is 0 Å². The fraction of sp³-hybridized carbons (Fsp3) is 0.286. The highest BCUT2D eigenvalue weighted by molar-refractivity contribution is 7.74. The largest absolute Gasteiger partial charge is 0.750 e. The van der Waals surface area contributed by atoms with Gasteiger partial charge < -0.3 is 10.3 Å². The molecular formula is C7H9N2O3S-. The summed E-state index contributed by atoms with van der Waals surface area (Å²) >= 11 is -2.52. The van der Waals surface area contributed by atoms with Crippen molar-refractivity contribution in [2.75, 3.05) is 5.73 Å². The maximum atomic E-state index is 10.2. The van der Waals surface area contributed by atoms with Gasteiger partial charge in [-0.2, -0.15) is 0 Å². The van der Waals surface area contributed by atoms with Gasteiger partial charge in [-0.1, -0.05) is 0 Å². The molecule has 1 aromatic heterocycles. The van der Waals surface area contributed by atoms with E-state index in [4.69, 9.17) is 5.73 Å². The predicted molar refractivity (Wildman–Crippen MR) is 47.1 cm³/mol. The molecule has 0 amide bonds. The Labute approximate surface area is 78.4 Å². The number of pyridine rings is 1. The molecular weight excluding hydrogens is 192 g/mol. The van der Waals surface area contributed by atoms with Crippen LogP contribution in [0.2, 0.25) is 0 Å². The van der Waals surface area contributed by atoms with Crippen molar-refractivity contribution in [1.82, 2.24) is 4.98 Å². The van der Waals surface area contributed by atoms with Gasteiger partial charge in [-0.15, -0.1) is 0 Å². The van der Waals surface area contributed by atoms with Crippen LogP contribution < -0.4 is 5.73 Å². The highest BCUT2D eigenvalue weighted by Gasteiger charge is 2.06. The number of hydrogen-bond donors (Lipinski definition) is 1. The lowest BCUT2D eigenvalue weighted by Crippen LogP contribution is -2.04. The summed E-state index contributed by atoms with van der Waals surface area (Å²) in [5.74, 6) is 0. The normalized spacial score (nSPS) is 15.2. The molecule has 1 aromatic rings. The number of rotatable bonds is 3. The van der Waals surface area contributed by atoms with Crippen molar-refractivity contribution in [2.24, 2.45) is 0 Å². The lowest BCUT2D eigenvalue weighted by atomic mass is 10.2.